The Labute approximate surface area is 203 Å². The summed E-state index contributed by atoms with van der Waals surface area (Å²) in [6.07, 6.45) is -1.54. The van der Waals surface area contributed by atoms with Gasteiger partial charge in [0.25, 0.3) is 0 Å². The minimum Gasteiger partial charge on any atom is -0.457 e. The van der Waals surface area contributed by atoms with Crippen molar-refractivity contribution >= 4 is 11.8 Å². The quantitative estimate of drug-likeness (QED) is 0.443. The molecule has 9 nitrogen and oxygen atoms in total. The maximum atomic E-state index is 13.9. The Kier molecular flexibility index (Phi) is 5.60. The van der Waals surface area contributed by atoms with Gasteiger partial charge in [0.2, 0.25) is 0 Å². The average molecular weight is 491 g/mol. The summed E-state index contributed by atoms with van der Waals surface area (Å²) in [6.45, 7) is 4.78. The fourth-order valence-electron chi connectivity index (χ4n) is 8.61. The van der Waals surface area contributed by atoms with Crippen molar-refractivity contribution in [3.8, 4) is 0 Å². The van der Waals surface area contributed by atoms with E-state index in [-0.39, 0.29) is 6.42 Å². The second kappa shape index (κ2) is 7.96. The van der Waals surface area contributed by atoms with Gasteiger partial charge in [0.1, 0.15) is 6.10 Å². The van der Waals surface area contributed by atoms with E-state index in [0.29, 0.717) is 31.2 Å². The second-order valence-corrected chi connectivity index (χ2v) is 11.6. The van der Waals surface area contributed by atoms with Crippen LogP contribution in [0.1, 0.15) is 64.4 Å². The number of rotatable bonds is 2. The van der Waals surface area contributed by atoms with Gasteiger partial charge in [-0.3, -0.25) is 9.59 Å². The van der Waals surface area contributed by atoms with Crippen molar-refractivity contribution in [2.24, 2.45) is 28.6 Å². The maximum absolute atomic E-state index is 13.9. The Morgan fingerprint density at radius 1 is 1.09 bits per heavy atom. The first-order chi connectivity index (χ1) is 16.4. The van der Waals surface area contributed by atoms with Gasteiger partial charge in [0.05, 0.1) is 29.5 Å². The van der Waals surface area contributed by atoms with Gasteiger partial charge in [-0.05, 0) is 67.9 Å². The van der Waals surface area contributed by atoms with E-state index >= 15 is 0 Å². The van der Waals surface area contributed by atoms with Crippen molar-refractivity contribution in [3.63, 3.8) is 0 Å². The molecule has 11 atom stereocenters. The van der Waals surface area contributed by atoms with Gasteiger partial charge in [-0.2, -0.15) is 0 Å². The lowest BCUT2D eigenvalue weighted by Crippen LogP contribution is -2.72. The van der Waals surface area contributed by atoms with Gasteiger partial charge in [-0.15, -0.1) is 0 Å². The van der Waals surface area contributed by atoms with Crippen LogP contribution >= 0.6 is 0 Å². The molecule has 11 unspecified atom stereocenters. The lowest BCUT2D eigenvalue weighted by atomic mass is 9.41. The minimum atomic E-state index is -1.41. The topological polar surface area (TPSA) is 154 Å². The van der Waals surface area contributed by atoms with Crippen molar-refractivity contribution in [2.45, 2.75) is 88.8 Å². The molecule has 4 aliphatic carbocycles. The molecule has 0 aromatic carbocycles. The largest absolute Gasteiger partial charge is 0.457 e. The first kappa shape index (κ1) is 24.6. The summed E-state index contributed by atoms with van der Waals surface area (Å²) in [5, 5.41) is 45.7. The molecule has 4 saturated carbocycles. The molecule has 1 aromatic heterocycles. The lowest BCUT2D eigenvalue weighted by Gasteiger charge is -2.65. The predicted octanol–water partition coefficient (Wildman–Crippen LogP) is 0.904. The molecule has 0 aliphatic heterocycles. The molecule has 5 rings (SSSR count). The predicted molar refractivity (Wildman–Crippen MR) is 121 cm³/mol. The molecule has 4 aliphatic rings. The van der Waals surface area contributed by atoms with Crippen LogP contribution < -0.4 is 5.63 Å². The number of carbonyl (C=O) groups is 2. The monoisotopic (exact) mass is 490 g/mol. The molecule has 192 valence electrons. The van der Waals surface area contributed by atoms with E-state index in [4.69, 9.17) is 9.15 Å². The summed E-state index contributed by atoms with van der Waals surface area (Å²) in [4.78, 5) is 37.0. The number of hydrogen-bond acceptors (Lipinski definition) is 9. The highest BCUT2D eigenvalue weighted by molar-refractivity contribution is 5.93. The first-order valence-corrected chi connectivity index (χ1v) is 12.4. The van der Waals surface area contributed by atoms with Gasteiger partial charge in [-0.1, -0.05) is 6.92 Å². The summed E-state index contributed by atoms with van der Waals surface area (Å²) >= 11 is 0. The van der Waals surface area contributed by atoms with E-state index in [9.17, 15) is 34.8 Å². The molecule has 0 bridgehead atoms. The number of aliphatic hydroxyl groups is 4. The Morgan fingerprint density at radius 2 is 1.77 bits per heavy atom. The van der Waals surface area contributed by atoms with Crippen LogP contribution in [0.25, 0.3) is 0 Å². The molecule has 4 N–H and O–H groups in total. The SMILES string of the molecule is CC(=O)OC1C(O)CC2(C)C(CCC3C2C(O)C(=O)C2(C)C(c4ccc(=O)oc4)CCC32O)C1O. The van der Waals surface area contributed by atoms with Gasteiger partial charge >= 0.3 is 11.6 Å². The Bertz CT molecular complexity index is 1080. The van der Waals surface area contributed by atoms with Crippen molar-refractivity contribution in [2.75, 3.05) is 0 Å². The summed E-state index contributed by atoms with van der Waals surface area (Å²) in [5.41, 5.74) is -3.43. The van der Waals surface area contributed by atoms with E-state index in [1.54, 1.807) is 13.0 Å². The zero-order valence-electron chi connectivity index (χ0n) is 20.2. The van der Waals surface area contributed by atoms with Crippen molar-refractivity contribution in [1.82, 2.24) is 0 Å². The minimum absolute atomic E-state index is 0.123. The molecule has 1 heterocycles. The van der Waals surface area contributed by atoms with E-state index in [1.165, 1.54) is 19.3 Å². The third kappa shape index (κ3) is 3.17. The van der Waals surface area contributed by atoms with Crippen LogP contribution in [0.4, 0.5) is 0 Å². The fraction of sp³-hybridized carbons (Fsp3) is 0.731. The van der Waals surface area contributed by atoms with E-state index < -0.39 is 81.9 Å². The molecular formula is C26H34O9. The molecular weight excluding hydrogens is 456 g/mol. The van der Waals surface area contributed by atoms with Gasteiger partial charge in [-0.25, -0.2) is 4.79 Å². The normalized spacial score (nSPS) is 49.1. The van der Waals surface area contributed by atoms with Crippen molar-refractivity contribution in [3.05, 3.63) is 34.4 Å². The molecule has 35 heavy (non-hydrogen) atoms. The summed E-state index contributed by atoms with van der Waals surface area (Å²) in [7, 11) is 0. The Hall–Kier alpha value is -2.07. The third-order valence-corrected chi connectivity index (χ3v) is 10.2. The van der Waals surface area contributed by atoms with E-state index in [1.807, 2.05) is 6.92 Å². The molecule has 9 heteroatoms. The standard InChI is InChI=1S/C26H34O9/c1-12(27)35-22-17(28)10-24(2)16(20(22)30)6-5-15-19(24)21(31)23(32)25(3)14(8-9-26(15,25)33)13-4-7-18(29)34-11-13/h4,7,11,14-17,19-22,28,30-31,33H,5-6,8-10H2,1-3H3. The molecule has 1 aromatic rings. The van der Waals surface area contributed by atoms with Crippen LogP contribution in [0, 0.1) is 28.6 Å². The van der Waals surface area contributed by atoms with Crippen molar-refractivity contribution in [1.29, 1.82) is 0 Å². The van der Waals surface area contributed by atoms with Crippen LogP contribution in [0.15, 0.2) is 27.6 Å². The Balaban J connectivity index is 1.54. The lowest BCUT2D eigenvalue weighted by molar-refractivity contribution is -0.255. The van der Waals surface area contributed by atoms with Gasteiger partial charge < -0.3 is 29.6 Å². The zero-order valence-corrected chi connectivity index (χ0v) is 20.2. The number of aliphatic hydroxyl groups excluding tert-OH is 3. The number of hydrogen-bond donors (Lipinski definition) is 4. The molecule has 0 spiro atoms. The summed E-state index contributed by atoms with van der Waals surface area (Å²) in [6, 6.07) is 2.90. The highest BCUT2D eigenvalue weighted by Gasteiger charge is 2.74. The number of fused-ring (bicyclic) bond motifs is 5. The van der Waals surface area contributed by atoms with Gasteiger partial charge in [0.15, 0.2) is 11.9 Å². The van der Waals surface area contributed by atoms with Crippen LogP contribution in [-0.2, 0) is 14.3 Å². The number of ether oxygens (including phenoxy) is 1. The van der Waals surface area contributed by atoms with Gasteiger partial charge in [0, 0.05) is 24.8 Å². The third-order valence-electron chi connectivity index (χ3n) is 10.2. The fourth-order valence-corrected chi connectivity index (χ4v) is 8.61. The number of esters is 1. The summed E-state index contributed by atoms with van der Waals surface area (Å²) in [5.74, 6) is -3.04. The number of carbonyl (C=O) groups excluding carboxylic acids is 2. The van der Waals surface area contributed by atoms with E-state index in [0.717, 1.165) is 0 Å². The molecule has 0 amide bonds. The molecule has 0 radical (unpaired) electrons. The first-order valence-electron chi connectivity index (χ1n) is 12.4. The van der Waals surface area contributed by atoms with Crippen LogP contribution in [0.3, 0.4) is 0 Å². The highest BCUT2D eigenvalue weighted by Crippen LogP contribution is 2.69. The second-order valence-electron chi connectivity index (χ2n) is 11.6. The zero-order chi connectivity index (χ0) is 25.5. The Morgan fingerprint density at radius 3 is 2.40 bits per heavy atom. The van der Waals surface area contributed by atoms with E-state index in [2.05, 4.69) is 0 Å². The maximum Gasteiger partial charge on any atom is 0.335 e. The number of ketones is 1. The summed E-state index contributed by atoms with van der Waals surface area (Å²) < 4.78 is 10.3. The average Bonchev–Trinajstić information content (AvgIpc) is 3.07. The van der Waals surface area contributed by atoms with Crippen molar-refractivity contribution < 1.29 is 39.2 Å². The molecule has 0 saturated heterocycles. The number of Topliss-reactive ketones (excluding diaryl/α,β-unsaturated/α-hetero) is 1. The van der Waals surface area contributed by atoms with Crippen LogP contribution in [0.5, 0.6) is 0 Å². The van der Waals surface area contributed by atoms with Crippen LogP contribution in [-0.4, -0.2) is 62.2 Å². The highest BCUT2D eigenvalue weighted by atomic mass is 16.6. The van der Waals surface area contributed by atoms with Crippen LogP contribution in [0.2, 0.25) is 0 Å². The molecule has 4 fully saturated rings. The smallest absolute Gasteiger partial charge is 0.335 e.